The Balaban J connectivity index is 2.63. The van der Waals surface area contributed by atoms with E-state index in [1.807, 2.05) is 42.6 Å². The van der Waals surface area contributed by atoms with Crippen LogP contribution in [0.5, 0.6) is 5.75 Å². The second-order valence-electron chi connectivity index (χ2n) is 3.98. The number of thiophene rings is 1. The lowest BCUT2D eigenvalue weighted by molar-refractivity contribution is 0.413. The zero-order chi connectivity index (χ0) is 13.8. The lowest BCUT2D eigenvalue weighted by atomic mass is 10.1. The van der Waals surface area contributed by atoms with Crippen LogP contribution in [0, 0.1) is 18.3 Å². The van der Waals surface area contributed by atoms with Crippen LogP contribution >= 0.6 is 22.9 Å². The molecule has 1 aromatic carbocycles. The van der Waals surface area contributed by atoms with E-state index in [4.69, 9.17) is 16.3 Å². The van der Waals surface area contributed by atoms with Crippen molar-refractivity contribution in [3.8, 4) is 11.8 Å². The number of ether oxygens (including phenoxy) is 1. The van der Waals surface area contributed by atoms with Crippen molar-refractivity contribution in [2.75, 3.05) is 7.11 Å². The second-order valence-corrected chi connectivity index (χ2v) is 5.31. The maximum atomic E-state index is 9.34. The molecule has 0 saturated heterocycles. The maximum absolute atomic E-state index is 9.34. The van der Waals surface area contributed by atoms with Crippen LogP contribution < -0.4 is 4.74 Å². The van der Waals surface area contributed by atoms with E-state index in [9.17, 15) is 5.26 Å². The maximum Gasteiger partial charge on any atom is 0.127 e. The minimum absolute atomic E-state index is 0.422. The molecule has 0 amide bonds. The quantitative estimate of drug-likeness (QED) is 0.768. The van der Waals surface area contributed by atoms with Crippen LogP contribution in [0.4, 0.5) is 0 Å². The van der Waals surface area contributed by atoms with Crippen LogP contribution in [0.25, 0.3) is 10.6 Å². The largest absolute Gasteiger partial charge is 0.496 e. The first-order chi connectivity index (χ1) is 9.17. The first-order valence-corrected chi connectivity index (χ1v) is 6.92. The third-order valence-electron chi connectivity index (χ3n) is 2.69. The van der Waals surface area contributed by atoms with Crippen LogP contribution in [0.15, 0.2) is 35.7 Å². The fourth-order valence-electron chi connectivity index (χ4n) is 1.76. The van der Waals surface area contributed by atoms with Gasteiger partial charge in [0.25, 0.3) is 0 Å². The zero-order valence-corrected chi connectivity index (χ0v) is 12.2. The van der Waals surface area contributed by atoms with E-state index in [-0.39, 0.29) is 0 Å². The van der Waals surface area contributed by atoms with Crippen LogP contribution in [-0.2, 0) is 0 Å². The Labute approximate surface area is 121 Å². The van der Waals surface area contributed by atoms with E-state index in [2.05, 4.69) is 6.07 Å². The highest BCUT2D eigenvalue weighted by Crippen LogP contribution is 2.36. The van der Waals surface area contributed by atoms with E-state index >= 15 is 0 Å². The summed E-state index contributed by atoms with van der Waals surface area (Å²) in [6.07, 6.45) is 0. The molecular formula is C15H12ClNOS. The highest BCUT2D eigenvalue weighted by Gasteiger charge is 2.14. The predicted molar refractivity (Wildman–Crippen MR) is 80.3 cm³/mol. The molecule has 2 aromatic rings. The van der Waals surface area contributed by atoms with E-state index in [0.717, 1.165) is 16.0 Å². The van der Waals surface area contributed by atoms with Crippen molar-refractivity contribution in [2.45, 2.75) is 6.92 Å². The summed E-state index contributed by atoms with van der Waals surface area (Å²) in [4.78, 5) is 0.857. The number of allylic oxidation sites excluding steroid dienone is 1. The summed E-state index contributed by atoms with van der Waals surface area (Å²) >= 11 is 7.89. The smallest absolute Gasteiger partial charge is 0.127 e. The molecule has 4 heteroatoms. The van der Waals surface area contributed by atoms with Gasteiger partial charge >= 0.3 is 0 Å². The van der Waals surface area contributed by atoms with Gasteiger partial charge in [-0.2, -0.15) is 5.26 Å². The summed E-state index contributed by atoms with van der Waals surface area (Å²) in [5.74, 6) is 0.667. The Morgan fingerprint density at radius 3 is 2.74 bits per heavy atom. The SMILES string of the molecule is COc1ccc(C)cc1C(Cl)=C(C#N)c1cccs1. The fraction of sp³-hybridized carbons (Fsp3) is 0.133. The summed E-state index contributed by atoms with van der Waals surface area (Å²) in [7, 11) is 1.59. The average molecular weight is 290 g/mol. The third kappa shape index (κ3) is 2.81. The first kappa shape index (κ1) is 13.7. The van der Waals surface area contributed by atoms with Gasteiger partial charge in [0.1, 0.15) is 11.8 Å². The first-order valence-electron chi connectivity index (χ1n) is 5.66. The van der Waals surface area contributed by atoms with Crippen molar-refractivity contribution < 1.29 is 4.74 Å². The van der Waals surface area contributed by atoms with Gasteiger partial charge in [-0.15, -0.1) is 11.3 Å². The number of benzene rings is 1. The summed E-state index contributed by atoms with van der Waals surface area (Å²) in [5, 5.41) is 11.7. The molecule has 0 bridgehead atoms. The van der Waals surface area contributed by atoms with Gasteiger partial charge in [0.05, 0.1) is 17.7 Å². The van der Waals surface area contributed by atoms with Gasteiger partial charge in [-0.05, 0) is 30.5 Å². The minimum atomic E-state index is 0.422. The Kier molecular flexibility index (Phi) is 4.26. The molecule has 19 heavy (non-hydrogen) atoms. The molecule has 2 nitrogen and oxygen atoms in total. The average Bonchev–Trinajstić information content (AvgIpc) is 2.93. The fourth-order valence-corrected chi connectivity index (χ4v) is 2.84. The molecule has 0 aliphatic heterocycles. The molecule has 0 atom stereocenters. The molecule has 0 N–H and O–H groups in total. The Hall–Kier alpha value is -1.76. The van der Waals surface area contributed by atoms with Gasteiger partial charge in [0.2, 0.25) is 0 Å². The Bertz CT molecular complexity index is 653. The standard InChI is InChI=1S/C15H12ClNOS/c1-10-5-6-13(18-2)11(8-10)15(16)12(9-17)14-4-3-7-19-14/h3-8H,1-2H3. The molecular weight excluding hydrogens is 278 g/mol. The van der Waals surface area contributed by atoms with Crippen molar-refractivity contribution in [2.24, 2.45) is 0 Å². The normalized spacial score (nSPS) is 11.7. The highest BCUT2D eigenvalue weighted by molar-refractivity contribution is 7.11. The molecule has 0 unspecified atom stereocenters. The van der Waals surface area contributed by atoms with Crippen LogP contribution in [-0.4, -0.2) is 7.11 Å². The summed E-state index contributed by atoms with van der Waals surface area (Å²) in [5.41, 5.74) is 2.28. The minimum Gasteiger partial charge on any atom is -0.496 e. The van der Waals surface area contributed by atoms with Crippen LogP contribution in [0.1, 0.15) is 16.0 Å². The summed E-state index contributed by atoms with van der Waals surface area (Å²) < 4.78 is 5.31. The van der Waals surface area contributed by atoms with E-state index < -0.39 is 0 Å². The molecule has 0 radical (unpaired) electrons. The number of nitriles is 1. The molecule has 0 saturated carbocycles. The topological polar surface area (TPSA) is 33.0 Å². The number of halogens is 1. The van der Waals surface area contributed by atoms with E-state index in [1.165, 1.54) is 11.3 Å². The van der Waals surface area contributed by atoms with E-state index in [0.29, 0.717) is 16.4 Å². The van der Waals surface area contributed by atoms with Gasteiger partial charge in [-0.1, -0.05) is 29.3 Å². The second kappa shape index (κ2) is 5.92. The Morgan fingerprint density at radius 2 is 2.16 bits per heavy atom. The molecule has 0 fully saturated rings. The third-order valence-corrected chi connectivity index (χ3v) is 3.97. The number of rotatable bonds is 3. The van der Waals surface area contributed by atoms with Gasteiger partial charge < -0.3 is 4.74 Å². The van der Waals surface area contributed by atoms with Crippen LogP contribution in [0.2, 0.25) is 0 Å². The summed E-state index contributed by atoms with van der Waals surface area (Å²) in [6, 6.07) is 11.7. The number of nitrogens with zero attached hydrogens (tertiary/aromatic N) is 1. The van der Waals surface area contributed by atoms with Gasteiger partial charge in [-0.25, -0.2) is 0 Å². The van der Waals surface area contributed by atoms with Gasteiger partial charge in [0, 0.05) is 10.4 Å². The molecule has 2 rings (SSSR count). The van der Waals surface area contributed by atoms with Crippen molar-refractivity contribution >= 4 is 33.5 Å². The molecule has 96 valence electrons. The predicted octanol–water partition coefficient (Wildman–Crippen LogP) is 4.70. The molecule has 0 aliphatic carbocycles. The van der Waals surface area contributed by atoms with E-state index in [1.54, 1.807) is 7.11 Å². The lowest BCUT2D eigenvalue weighted by Gasteiger charge is -2.09. The van der Waals surface area contributed by atoms with Crippen molar-refractivity contribution in [3.05, 3.63) is 51.7 Å². The number of hydrogen-bond donors (Lipinski definition) is 0. The number of aryl methyl sites for hydroxylation is 1. The lowest BCUT2D eigenvalue weighted by Crippen LogP contribution is -1.91. The Morgan fingerprint density at radius 1 is 1.37 bits per heavy atom. The van der Waals surface area contributed by atoms with Crippen molar-refractivity contribution in [1.82, 2.24) is 0 Å². The van der Waals surface area contributed by atoms with Crippen molar-refractivity contribution in [3.63, 3.8) is 0 Å². The monoisotopic (exact) mass is 289 g/mol. The van der Waals surface area contributed by atoms with Gasteiger partial charge in [-0.3, -0.25) is 0 Å². The molecule has 1 aromatic heterocycles. The highest BCUT2D eigenvalue weighted by atomic mass is 35.5. The van der Waals surface area contributed by atoms with Gasteiger partial charge in [0.15, 0.2) is 0 Å². The molecule has 0 aliphatic rings. The summed E-state index contributed by atoms with van der Waals surface area (Å²) in [6.45, 7) is 1.98. The number of hydrogen-bond acceptors (Lipinski definition) is 3. The molecule has 0 spiro atoms. The van der Waals surface area contributed by atoms with Crippen molar-refractivity contribution in [1.29, 1.82) is 5.26 Å². The van der Waals surface area contributed by atoms with Crippen LogP contribution in [0.3, 0.4) is 0 Å². The number of methoxy groups -OCH3 is 1. The molecule has 1 heterocycles. The zero-order valence-electron chi connectivity index (χ0n) is 10.6.